The summed E-state index contributed by atoms with van der Waals surface area (Å²) in [6.07, 6.45) is 3.87. The molecule has 0 aliphatic heterocycles. The molecule has 0 saturated heterocycles. The molecule has 0 aromatic carbocycles. The minimum Gasteiger partial charge on any atom is -0.550 e. The van der Waals surface area contributed by atoms with E-state index in [-0.39, 0.29) is 51.4 Å². The molecule has 0 aromatic rings. The second-order valence-corrected chi connectivity index (χ2v) is 4.35. The minimum atomic E-state index is -0.961. The van der Waals surface area contributed by atoms with E-state index in [0.717, 1.165) is 19.4 Å². The predicted molar refractivity (Wildman–Crippen MR) is 76.2 cm³/mol. The van der Waals surface area contributed by atoms with Crippen LogP contribution in [0.5, 0.6) is 0 Å². The molecular formula is C15H28O6Zr. The SMILES string of the molecule is CCCC(=O)[O-].CCCC(=O)[O-].CCCCOCC(C)=O.[Zr+2]. The van der Waals surface area contributed by atoms with E-state index in [1.165, 1.54) is 6.92 Å². The van der Waals surface area contributed by atoms with Gasteiger partial charge in [-0.05, 0) is 26.2 Å². The standard InChI is InChI=1S/C7H14O2.2C4H8O2.Zr/c1-3-4-5-9-6-7(2)8;2*1-2-3-4(5)6;/h3-6H2,1-2H3;2*2-3H2,1H3,(H,5,6);/q;;;+2/p-2. The smallest absolute Gasteiger partial charge is 0.550 e. The van der Waals surface area contributed by atoms with Gasteiger partial charge < -0.3 is 24.5 Å². The molecule has 0 rings (SSSR count). The van der Waals surface area contributed by atoms with E-state index in [1.54, 1.807) is 13.8 Å². The van der Waals surface area contributed by atoms with Gasteiger partial charge in [0.2, 0.25) is 0 Å². The maximum Gasteiger partial charge on any atom is 2.00 e. The van der Waals surface area contributed by atoms with Crippen LogP contribution in [-0.2, 0) is 45.3 Å². The second kappa shape index (κ2) is 25.4. The molecule has 0 bridgehead atoms. The van der Waals surface area contributed by atoms with E-state index in [0.29, 0.717) is 12.8 Å². The van der Waals surface area contributed by atoms with Crippen molar-refractivity contribution in [1.29, 1.82) is 0 Å². The quantitative estimate of drug-likeness (QED) is 0.525. The monoisotopic (exact) mass is 394 g/mol. The third-order valence-corrected chi connectivity index (χ3v) is 1.86. The van der Waals surface area contributed by atoms with Gasteiger partial charge in [-0.3, -0.25) is 4.79 Å². The molecule has 0 fully saturated rings. The average molecular weight is 396 g/mol. The van der Waals surface area contributed by atoms with Gasteiger partial charge in [-0.15, -0.1) is 0 Å². The van der Waals surface area contributed by atoms with E-state index in [1.807, 2.05) is 0 Å². The Morgan fingerprint density at radius 3 is 1.45 bits per heavy atom. The molecule has 0 N–H and O–H groups in total. The molecule has 0 aliphatic rings. The van der Waals surface area contributed by atoms with E-state index >= 15 is 0 Å². The van der Waals surface area contributed by atoms with Crippen molar-refractivity contribution >= 4 is 17.7 Å². The fourth-order valence-corrected chi connectivity index (χ4v) is 0.871. The number of hydrogen-bond donors (Lipinski definition) is 0. The zero-order chi connectivity index (χ0) is 17.1. The van der Waals surface area contributed by atoms with Gasteiger partial charge in [0, 0.05) is 18.5 Å². The number of carboxylic acid groups (broad SMARTS) is 2. The van der Waals surface area contributed by atoms with E-state index in [2.05, 4.69) is 6.92 Å². The molecule has 0 atom stereocenters. The Labute approximate surface area is 152 Å². The molecule has 128 valence electrons. The van der Waals surface area contributed by atoms with Crippen LogP contribution in [0.15, 0.2) is 0 Å². The molecule has 22 heavy (non-hydrogen) atoms. The van der Waals surface area contributed by atoms with E-state index < -0.39 is 11.9 Å². The number of carboxylic acids is 2. The summed E-state index contributed by atoms with van der Waals surface area (Å²) < 4.78 is 4.99. The predicted octanol–water partition coefficient (Wildman–Crippen LogP) is 0.462. The largest absolute Gasteiger partial charge is 2.00 e. The molecule has 0 saturated carbocycles. The summed E-state index contributed by atoms with van der Waals surface area (Å²) in [6.45, 7) is 8.23. The van der Waals surface area contributed by atoms with Crippen LogP contribution in [0.3, 0.4) is 0 Å². The molecule has 6 nitrogen and oxygen atoms in total. The van der Waals surface area contributed by atoms with Gasteiger partial charge in [-0.2, -0.15) is 0 Å². The maximum atomic E-state index is 10.3. The molecule has 0 radical (unpaired) electrons. The van der Waals surface area contributed by atoms with Crippen molar-refractivity contribution in [3.05, 3.63) is 0 Å². The summed E-state index contributed by atoms with van der Waals surface area (Å²) in [5.41, 5.74) is 0. The molecule has 0 heterocycles. The van der Waals surface area contributed by atoms with Crippen molar-refractivity contribution in [3.63, 3.8) is 0 Å². The summed E-state index contributed by atoms with van der Waals surface area (Å²) >= 11 is 0. The summed E-state index contributed by atoms with van der Waals surface area (Å²) in [5.74, 6) is -1.82. The van der Waals surface area contributed by atoms with Crippen molar-refractivity contribution < 1.29 is 55.5 Å². The Balaban J connectivity index is -0.000000112. The number of Topliss-reactive ketones (excluding diaryl/α,β-unsaturated/α-hetero) is 1. The van der Waals surface area contributed by atoms with Crippen molar-refractivity contribution in [1.82, 2.24) is 0 Å². The van der Waals surface area contributed by atoms with Gasteiger partial charge in [0.25, 0.3) is 0 Å². The van der Waals surface area contributed by atoms with Crippen LogP contribution in [0.25, 0.3) is 0 Å². The topological polar surface area (TPSA) is 107 Å². The van der Waals surface area contributed by atoms with Crippen LogP contribution in [0.2, 0.25) is 0 Å². The van der Waals surface area contributed by atoms with Gasteiger partial charge in [0.15, 0.2) is 5.78 Å². The van der Waals surface area contributed by atoms with E-state index in [4.69, 9.17) is 4.74 Å². The Bertz CT molecular complexity index is 253. The zero-order valence-electron chi connectivity index (χ0n) is 14.1. The first kappa shape index (κ1) is 29.5. The molecule has 0 spiro atoms. The molecular weight excluding hydrogens is 367 g/mol. The van der Waals surface area contributed by atoms with Crippen molar-refractivity contribution in [2.24, 2.45) is 0 Å². The maximum absolute atomic E-state index is 10.3. The summed E-state index contributed by atoms with van der Waals surface area (Å²) in [5, 5.41) is 19.0. The van der Waals surface area contributed by atoms with Crippen molar-refractivity contribution in [3.8, 4) is 0 Å². The van der Waals surface area contributed by atoms with Crippen LogP contribution in [0, 0.1) is 0 Å². The van der Waals surface area contributed by atoms with Gasteiger partial charge >= 0.3 is 26.2 Å². The Kier molecular flexibility index (Phi) is 34.0. The minimum absolute atomic E-state index is 0. The molecule has 0 aliphatic carbocycles. The van der Waals surface area contributed by atoms with Crippen LogP contribution >= 0.6 is 0 Å². The first-order chi connectivity index (χ1) is 9.81. The van der Waals surface area contributed by atoms with Crippen molar-refractivity contribution in [2.45, 2.75) is 66.2 Å². The van der Waals surface area contributed by atoms with Gasteiger partial charge in [-0.25, -0.2) is 0 Å². The number of ketones is 1. The second-order valence-electron chi connectivity index (χ2n) is 4.35. The van der Waals surface area contributed by atoms with E-state index in [9.17, 15) is 24.6 Å². The number of aliphatic carboxylic acids is 2. The summed E-state index contributed by atoms with van der Waals surface area (Å²) in [7, 11) is 0. The molecule has 0 amide bonds. The van der Waals surface area contributed by atoms with Crippen molar-refractivity contribution in [2.75, 3.05) is 13.2 Å². The number of hydrogen-bond acceptors (Lipinski definition) is 6. The summed E-state index contributed by atoms with van der Waals surface area (Å²) in [4.78, 5) is 29.3. The van der Waals surface area contributed by atoms with Gasteiger partial charge in [0.1, 0.15) is 6.61 Å². The van der Waals surface area contributed by atoms with Crippen LogP contribution < -0.4 is 10.2 Å². The Hall–Kier alpha value is -0.547. The first-order valence-electron chi connectivity index (χ1n) is 7.28. The fourth-order valence-electron chi connectivity index (χ4n) is 0.871. The van der Waals surface area contributed by atoms with Gasteiger partial charge in [0.05, 0.1) is 0 Å². The molecule has 7 heteroatoms. The number of unbranched alkanes of at least 4 members (excludes halogenated alkanes) is 1. The number of carbonyl (C=O) groups excluding carboxylic acids is 3. The fraction of sp³-hybridized carbons (Fsp3) is 0.800. The van der Waals surface area contributed by atoms with Gasteiger partial charge in [-0.1, -0.05) is 40.0 Å². The third-order valence-electron chi connectivity index (χ3n) is 1.86. The number of carbonyl (C=O) groups is 3. The van der Waals surface area contributed by atoms with Crippen LogP contribution in [-0.4, -0.2) is 30.9 Å². The first-order valence-corrected chi connectivity index (χ1v) is 7.28. The molecule has 0 aromatic heterocycles. The summed E-state index contributed by atoms with van der Waals surface area (Å²) in [6, 6.07) is 0. The average Bonchev–Trinajstić information content (AvgIpc) is 2.35. The number of rotatable bonds is 9. The molecule has 0 unspecified atom stereocenters. The Morgan fingerprint density at radius 2 is 1.27 bits per heavy atom. The van der Waals surface area contributed by atoms with Crippen LogP contribution in [0.1, 0.15) is 66.2 Å². The Morgan fingerprint density at radius 1 is 0.864 bits per heavy atom. The normalized spacial score (nSPS) is 8.36. The zero-order valence-corrected chi connectivity index (χ0v) is 16.6. The third kappa shape index (κ3) is 50.5. The van der Waals surface area contributed by atoms with Crippen LogP contribution in [0.4, 0.5) is 0 Å². The number of ether oxygens (including phenoxy) is 1.